The first-order chi connectivity index (χ1) is 11.6. The maximum atomic E-state index is 12.1. The van der Waals surface area contributed by atoms with Gasteiger partial charge in [-0.2, -0.15) is 0 Å². The molecule has 2 rings (SSSR count). The zero-order valence-electron chi connectivity index (χ0n) is 13.7. The number of aryl methyl sites for hydroxylation is 1. The number of nitrogens with zero attached hydrogens (tertiary/aromatic N) is 1. The Hall–Kier alpha value is -2.12. The lowest BCUT2D eigenvalue weighted by Gasteiger charge is -2.09. The molecule has 0 aliphatic heterocycles. The van der Waals surface area contributed by atoms with E-state index in [4.69, 9.17) is 4.74 Å². The third-order valence-electron chi connectivity index (χ3n) is 3.38. The zero-order valence-corrected chi connectivity index (χ0v) is 14.6. The molecule has 0 spiro atoms. The number of ether oxygens (including phenoxy) is 1. The van der Waals surface area contributed by atoms with E-state index in [9.17, 15) is 8.42 Å². The Balaban J connectivity index is 1.83. The largest absolute Gasteiger partial charge is 0.385 e. The molecular formula is C17H23N3O3S. The number of nitrogens with one attached hydrogen (secondary N) is 2. The summed E-state index contributed by atoms with van der Waals surface area (Å²) in [5.74, 6) is 0.348. The number of hydrogen-bond acceptors (Lipinski definition) is 5. The third kappa shape index (κ3) is 6.55. The van der Waals surface area contributed by atoms with E-state index in [0.29, 0.717) is 18.8 Å². The van der Waals surface area contributed by atoms with Gasteiger partial charge < -0.3 is 10.1 Å². The predicted octanol–water partition coefficient (Wildman–Crippen LogP) is 2.51. The van der Waals surface area contributed by atoms with E-state index in [2.05, 4.69) is 15.0 Å². The van der Waals surface area contributed by atoms with Crippen LogP contribution in [0.3, 0.4) is 0 Å². The number of methoxy groups -OCH3 is 1. The van der Waals surface area contributed by atoms with Crippen LogP contribution in [0.5, 0.6) is 0 Å². The molecule has 0 saturated carbocycles. The highest BCUT2D eigenvalue weighted by Crippen LogP contribution is 2.12. The zero-order chi connectivity index (χ0) is 17.3. The summed E-state index contributed by atoms with van der Waals surface area (Å²) >= 11 is 0. The van der Waals surface area contributed by atoms with E-state index in [1.165, 1.54) is 0 Å². The van der Waals surface area contributed by atoms with E-state index in [-0.39, 0.29) is 5.75 Å². The van der Waals surface area contributed by atoms with E-state index in [0.717, 1.165) is 24.2 Å². The highest BCUT2D eigenvalue weighted by molar-refractivity contribution is 7.92. The van der Waals surface area contributed by atoms with Crippen LogP contribution < -0.4 is 10.0 Å². The molecule has 2 N–H and O–H groups in total. The molecule has 24 heavy (non-hydrogen) atoms. The molecule has 0 amide bonds. The number of anilines is 2. The van der Waals surface area contributed by atoms with Crippen LogP contribution in [0.15, 0.2) is 48.7 Å². The number of aromatic nitrogens is 1. The minimum absolute atomic E-state index is 0.0235. The fraction of sp³-hybridized carbons (Fsp3) is 0.353. The van der Waals surface area contributed by atoms with Gasteiger partial charge in [0.1, 0.15) is 5.82 Å². The van der Waals surface area contributed by atoms with Crippen LogP contribution in [0.2, 0.25) is 0 Å². The summed E-state index contributed by atoms with van der Waals surface area (Å²) in [5, 5.41) is 3.20. The topological polar surface area (TPSA) is 80.3 Å². The average Bonchev–Trinajstić information content (AvgIpc) is 2.59. The maximum Gasteiger partial charge on any atom is 0.234 e. The Morgan fingerprint density at radius 2 is 1.92 bits per heavy atom. The van der Waals surface area contributed by atoms with Crippen molar-refractivity contribution in [2.24, 2.45) is 0 Å². The molecule has 7 heteroatoms. The normalized spacial score (nSPS) is 11.2. The Bertz CT molecular complexity index is 704. The first-order valence-corrected chi connectivity index (χ1v) is 9.47. The quantitative estimate of drug-likeness (QED) is 0.644. The van der Waals surface area contributed by atoms with Gasteiger partial charge in [0.2, 0.25) is 10.0 Å². The van der Waals surface area contributed by atoms with Crippen molar-refractivity contribution >= 4 is 21.5 Å². The van der Waals surface area contributed by atoms with E-state index < -0.39 is 10.0 Å². The van der Waals surface area contributed by atoms with Crippen LogP contribution in [-0.4, -0.2) is 39.4 Å². The van der Waals surface area contributed by atoms with Gasteiger partial charge in [-0.15, -0.1) is 0 Å². The third-order valence-corrected chi connectivity index (χ3v) is 4.64. The van der Waals surface area contributed by atoms with Crippen molar-refractivity contribution in [3.63, 3.8) is 0 Å². The van der Waals surface area contributed by atoms with Gasteiger partial charge in [0, 0.05) is 20.3 Å². The molecule has 0 unspecified atom stereocenters. The standard InChI is InChI=1S/C17H23N3O3S/c1-23-12-5-11-18-16-8-9-17(19-14-16)20-24(21,22)13-10-15-6-3-2-4-7-15/h2-4,6-9,14,18H,5,10-13H2,1H3,(H,19,20). The molecule has 130 valence electrons. The van der Waals surface area contributed by atoms with Crippen molar-refractivity contribution in [1.29, 1.82) is 0 Å². The first-order valence-electron chi connectivity index (χ1n) is 7.82. The molecule has 1 aromatic carbocycles. The minimum atomic E-state index is -3.42. The number of hydrogen-bond donors (Lipinski definition) is 2. The molecule has 2 aromatic rings. The van der Waals surface area contributed by atoms with Crippen molar-refractivity contribution in [2.45, 2.75) is 12.8 Å². The van der Waals surface area contributed by atoms with E-state index in [1.807, 2.05) is 30.3 Å². The Labute approximate surface area is 143 Å². The Kier molecular flexibility index (Phi) is 7.02. The summed E-state index contributed by atoms with van der Waals surface area (Å²) < 4.78 is 31.7. The van der Waals surface area contributed by atoms with Crippen molar-refractivity contribution in [3.05, 3.63) is 54.2 Å². The molecule has 1 aromatic heterocycles. The van der Waals surface area contributed by atoms with Gasteiger partial charge in [-0.3, -0.25) is 4.72 Å². The molecule has 0 saturated heterocycles. The smallest absolute Gasteiger partial charge is 0.234 e. The Morgan fingerprint density at radius 1 is 1.12 bits per heavy atom. The summed E-state index contributed by atoms with van der Waals surface area (Å²) in [5.41, 5.74) is 1.84. The first kappa shape index (κ1) is 18.2. The van der Waals surface area contributed by atoms with Crippen LogP contribution in [0.4, 0.5) is 11.5 Å². The summed E-state index contributed by atoms with van der Waals surface area (Å²) in [6, 6.07) is 13.0. The van der Waals surface area contributed by atoms with Crippen LogP contribution in [0, 0.1) is 0 Å². The molecular weight excluding hydrogens is 326 g/mol. The van der Waals surface area contributed by atoms with Crippen molar-refractivity contribution < 1.29 is 13.2 Å². The summed E-state index contributed by atoms with van der Waals surface area (Å²) in [7, 11) is -1.75. The lowest BCUT2D eigenvalue weighted by Crippen LogP contribution is -2.19. The Morgan fingerprint density at radius 3 is 2.58 bits per heavy atom. The van der Waals surface area contributed by atoms with Gasteiger partial charge in [-0.05, 0) is 30.5 Å². The highest BCUT2D eigenvalue weighted by Gasteiger charge is 2.11. The SMILES string of the molecule is COCCCNc1ccc(NS(=O)(=O)CCc2ccccc2)nc1. The second-order valence-corrected chi connectivity index (χ2v) is 7.20. The number of rotatable bonds is 10. The summed E-state index contributed by atoms with van der Waals surface area (Å²) in [6.07, 6.45) is 2.97. The fourth-order valence-corrected chi connectivity index (χ4v) is 3.16. The number of sulfonamides is 1. The monoisotopic (exact) mass is 349 g/mol. The van der Waals surface area contributed by atoms with Gasteiger partial charge in [0.15, 0.2) is 0 Å². The minimum Gasteiger partial charge on any atom is -0.385 e. The average molecular weight is 349 g/mol. The van der Waals surface area contributed by atoms with Crippen LogP contribution >= 0.6 is 0 Å². The van der Waals surface area contributed by atoms with Crippen LogP contribution in [0.25, 0.3) is 0 Å². The van der Waals surface area contributed by atoms with Gasteiger partial charge in [-0.1, -0.05) is 30.3 Å². The van der Waals surface area contributed by atoms with Gasteiger partial charge >= 0.3 is 0 Å². The molecule has 0 aliphatic carbocycles. The lowest BCUT2D eigenvalue weighted by atomic mass is 10.2. The highest BCUT2D eigenvalue weighted by atomic mass is 32.2. The predicted molar refractivity (Wildman–Crippen MR) is 96.8 cm³/mol. The van der Waals surface area contributed by atoms with E-state index >= 15 is 0 Å². The fourth-order valence-electron chi connectivity index (χ4n) is 2.12. The molecule has 0 radical (unpaired) electrons. The molecule has 0 fully saturated rings. The molecule has 0 bridgehead atoms. The van der Waals surface area contributed by atoms with Crippen molar-refractivity contribution in [3.8, 4) is 0 Å². The van der Waals surface area contributed by atoms with Crippen molar-refractivity contribution in [2.75, 3.05) is 36.1 Å². The number of benzene rings is 1. The second-order valence-electron chi connectivity index (χ2n) is 5.36. The summed E-state index contributed by atoms with van der Waals surface area (Å²) in [4.78, 5) is 4.13. The van der Waals surface area contributed by atoms with Crippen molar-refractivity contribution in [1.82, 2.24) is 4.98 Å². The molecule has 1 heterocycles. The lowest BCUT2D eigenvalue weighted by molar-refractivity contribution is 0.198. The van der Waals surface area contributed by atoms with Gasteiger partial charge in [0.05, 0.1) is 17.6 Å². The molecule has 0 aliphatic rings. The van der Waals surface area contributed by atoms with Gasteiger partial charge in [0.25, 0.3) is 0 Å². The second kappa shape index (κ2) is 9.24. The molecule has 0 atom stereocenters. The van der Waals surface area contributed by atoms with Gasteiger partial charge in [-0.25, -0.2) is 13.4 Å². The molecule has 6 nitrogen and oxygen atoms in total. The van der Waals surface area contributed by atoms with Crippen LogP contribution in [0.1, 0.15) is 12.0 Å². The van der Waals surface area contributed by atoms with Crippen LogP contribution in [-0.2, 0) is 21.2 Å². The van der Waals surface area contributed by atoms with E-state index in [1.54, 1.807) is 25.4 Å². The number of pyridine rings is 1. The maximum absolute atomic E-state index is 12.1. The summed E-state index contributed by atoms with van der Waals surface area (Å²) in [6.45, 7) is 1.47.